The molecule has 4 atom stereocenters. The molecule has 0 amide bonds. The maximum Gasteiger partial charge on any atom is 0.697 e. The van der Waals surface area contributed by atoms with Crippen LogP contribution in [0.1, 0.15) is 503 Å². The molecule has 2 heterocycles. The van der Waals surface area contributed by atoms with Gasteiger partial charge in [-0.25, -0.2) is 0 Å². The summed E-state index contributed by atoms with van der Waals surface area (Å²) >= 11 is 0. The number of cyclic esters (lactones) is 2. The maximum atomic E-state index is 12.7. The van der Waals surface area contributed by atoms with E-state index in [1.165, 1.54) is 334 Å². The lowest BCUT2D eigenvalue weighted by Gasteiger charge is -2.16. The van der Waals surface area contributed by atoms with E-state index < -0.39 is 52.6 Å². The van der Waals surface area contributed by atoms with Gasteiger partial charge in [-0.2, -0.15) is 0 Å². The van der Waals surface area contributed by atoms with Gasteiger partial charge in [-0.15, -0.1) is 18.1 Å². The number of hydrogen-bond acceptors (Lipinski definition) is 21. The van der Waals surface area contributed by atoms with E-state index in [1.54, 1.807) is 12.4 Å². The number of carboxylic acid groups (broad SMARTS) is 1. The molecule has 0 aromatic carbocycles. The Balaban J connectivity index is -0.00000101. The number of unbranched alkanes of at least 4 members (excludes halogenated alkanes) is 60. The molecule has 0 bridgehead atoms. The van der Waals surface area contributed by atoms with Gasteiger partial charge in [0.1, 0.15) is 45.4 Å². The SMILES string of the molecule is CCCCCCCCCCCCCCCCCCC(=O)OCC(CO[P+](=O)OCCCC(=O)CCC(=O)O)OC(=O)CCCCCCCCCCCCCCCCCC.CCCCCCCCCCCCCCCCCCC(=O)OCC(CO[P+](=O)OCCN)OC(=O)CCCCCCCCCCCCCCCCCC.O.O.O=C1CCC(=O)O1.c1ccncc1. The van der Waals surface area contributed by atoms with E-state index in [0.717, 1.165) is 70.6 Å². The highest BCUT2D eigenvalue weighted by atomic mass is 31.1. The van der Waals surface area contributed by atoms with Gasteiger partial charge < -0.3 is 45.5 Å². The number of esters is 6. The molecule has 7 N–H and O–H groups in total. The number of aliphatic carboxylic acids is 1. The molecule has 26 heteroatoms. The Bertz CT molecular complexity index is 2560. The lowest BCUT2D eigenvalue weighted by atomic mass is 10.0. The van der Waals surface area contributed by atoms with Crippen molar-refractivity contribution < 1.29 is 105 Å². The second kappa shape index (κ2) is 106. The molecule has 1 aliphatic rings. The van der Waals surface area contributed by atoms with Crippen molar-refractivity contribution in [2.24, 2.45) is 5.73 Å². The second-order valence-electron chi connectivity index (χ2n) is 34.2. The van der Waals surface area contributed by atoms with Crippen LogP contribution in [-0.2, 0) is 89.3 Å². The van der Waals surface area contributed by atoms with Crippen molar-refractivity contribution in [3.8, 4) is 0 Å². The molecule has 2 rings (SSSR count). The van der Waals surface area contributed by atoms with Crippen LogP contribution in [0, 0.1) is 0 Å². The van der Waals surface area contributed by atoms with Crippen molar-refractivity contribution in [3.05, 3.63) is 30.6 Å². The molecule has 126 heavy (non-hydrogen) atoms. The quantitative estimate of drug-likeness (QED) is 0.0201. The normalized spacial score (nSPS) is 12.2. The number of Topliss-reactive ketones (excluding diaryl/α,β-unsaturated/α-hetero) is 1. The van der Waals surface area contributed by atoms with Crippen LogP contribution >= 0.6 is 16.5 Å². The zero-order chi connectivity index (χ0) is 90.8. The molecular formula is C100H188N2O22P2+2. The molecule has 4 unspecified atom stereocenters. The molecule has 1 aliphatic heterocycles. The number of rotatable bonds is 91. The third-order valence-electron chi connectivity index (χ3n) is 22.2. The van der Waals surface area contributed by atoms with Crippen LogP contribution in [0.15, 0.2) is 30.6 Å². The lowest BCUT2D eigenvalue weighted by molar-refractivity contribution is -0.161. The first kappa shape index (κ1) is 128. The Hall–Kier alpha value is -4.77. The Morgan fingerprint density at radius 2 is 0.571 bits per heavy atom. The first-order valence-electron chi connectivity index (χ1n) is 50.8. The van der Waals surface area contributed by atoms with E-state index in [2.05, 4.69) is 37.4 Å². The van der Waals surface area contributed by atoms with Gasteiger partial charge in [-0.1, -0.05) is 419 Å². The van der Waals surface area contributed by atoms with Crippen molar-refractivity contribution in [2.75, 3.05) is 46.2 Å². The van der Waals surface area contributed by atoms with Crippen LogP contribution in [0.4, 0.5) is 0 Å². The number of carboxylic acids is 1. The molecule has 1 saturated heterocycles. The summed E-state index contributed by atoms with van der Waals surface area (Å²) in [5, 5.41) is 8.71. The minimum absolute atomic E-state index is 0. The summed E-state index contributed by atoms with van der Waals surface area (Å²) in [6, 6.07) is 5.72. The third-order valence-corrected chi connectivity index (χ3v) is 23.7. The number of nitrogens with zero attached hydrogens (tertiary/aromatic N) is 1. The van der Waals surface area contributed by atoms with Crippen molar-refractivity contribution in [1.82, 2.24) is 4.98 Å². The average Bonchev–Trinajstić information content (AvgIpc) is 1.56. The predicted octanol–water partition coefficient (Wildman–Crippen LogP) is 27.3. The zero-order valence-corrected chi connectivity index (χ0v) is 82.2. The molecule has 738 valence electrons. The van der Waals surface area contributed by atoms with E-state index >= 15 is 0 Å². The second-order valence-corrected chi connectivity index (χ2v) is 36.1. The van der Waals surface area contributed by atoms with Crippen LogP contribution in [0.3, 0.4) is 0 Å². The summed E-state index contributed by atoms with van der Waals surface area (Å²) in [6.07, 6.45) is 84.6. The van der Waals surface area contributed by atoms with Crippen molar-refractivity contribution in [2.45, 2.75) is 515 Å². The van der Waals surface area contributed by atoms with E-state index in [1.807, 2.05) is 18.2 Å². The fourth-order valence-electron chi connectivity index (χ4n) is 14.5. The van der Waals surface area contributed by atoms with Gasteiger partial charge in [0.05, 0.1) is 19.3 Å². The largest absolute Gasteiger partial charge is 0.697 e. The third kappa shape index (κ3) is 105. The molecule has 24 nitrogen and oxygen atoms in total. The number of carbonyl (C=O) groups is 8. The van der Waals surface area contributed by atoms with Crippen LogP contribution in [0.25, 0.3) is 0 Å². The number of nitrogens with two attached hydrogens (primary N) is 1. The summed E-state index contributed by atoms with van der Waals surface area (Å²) in [5.41, 5.74) is 5.39. The topological polar surface area (TPSA) is 376 Å². The van der Waals surface area contributed by atoms with Gasteiger partial charge in [0.25, 0.3) is 0 Å². The standard InChI is InChI=1S/C48H89O10P.C43H85NO7P.C5H5N.C4H4O3.2H2O/c1-3-5-7-9-11-13-15-17-19-21-23-25-27-29-31-33-37-47(52)55-42-45(43-57-59(54)56-41-35-36-44(49)39-40-46(50)51)58-48(53)38-34-32-30-28-26-24-22-20-18-16-14-12-10-8-6-4-2;1-3-5-7-9-11-13-15-17-19-21-23-25-27-29-31-33-35-42(45)48-39-41(40-50-52(47)49-38-37-44)51-43(46)36-34-32-30-28-26-24-22-20-18-16-14-12-10-8-6-4-2;1-2-4-6-5-3-1;5-3-1-2-4(6)7-3;;/h45H,3-43H2,1-2H3;41H,3-40,44H2,1-2H3;1-5H;1-2H2;2*1H2/q;+1;;;;/p+1. The summed E-state index contributed by atoms with van der Waals surface area (Å²) < 4.78 is 71.1. The summed E-state index contributed by atoms with van der Waals surface area (Å²) in [4.78, 5) is 96.4. The van der Waals surface area contributed by atoms with Gasteiger partial charge in [0, 0.05) is 66.6 Å². The Labute approximate surface area is 767 Å². The fraction of sp³-hybridized carbons (Fsp3) is 0.870. The van der Waals surface area contributed by atoms with Crippen LogP contribution in [0.5, 0.6) is 0 Å². The Kier molecular flexibility index (Phi) is 107. The molecule has 0 saturated carbocycles. The molecule has 0 radical (unpaired) electrons. The highest BCUT2D eigenvalue weighted by Crippen LogP contribution is 2.27. The van der Waals surface area contributed by atoms with Crippen molar-refractivity contribution >= 4 is 64.1 Å². The van der Waals surface area contributed by atoms with E-state index in [-0.39, 0.29) is 126 Å². The monoisotopic (exact) mass is 1830 g/mol. The smallest absolute Gasteiger partial charge is 0.481 e. The highest BCUT2D eigenvalue weighted by molar-refractivity contribution is 7.33. The molecule has 1 fully saturated rings. The van der Waals surface area contributed by atoms with Gasteiger partial charge in [0.2, 0.25) is 0 Å². The number of carbonyl (C=O) groups excluding carboxylic acids is 7. The lowest BCUT2D eigenvalue weighted by Crippen LogP contribution is -2.29. The van der Waals surface area contributed by atoms with E-state index in [4.69, 9.17) is 47.9 Å². The van der Waals surface area contributed by atoms with E-state index in [0.29, 0.717) is 25.7 Å². The van der Waals surface area contributed by atoms with Crippen LogP contribution in [0.2, 0.25) is 0 Å². The first-order chi connectivity index (χ1) is 60.6. The van der Waals surface area contributed by atoms with Gasteiger partial charge in [-0.3, -0.25) is 43.3 Å². The van der Waals surface area contributed by atoms with Crippen LogP contribution in [-0.4, -0.2) is 127 Å². The van der Waals surface area contributed by atoms with Gasteiger partial charge in [0.15, 0.2) is 12.2 Å². The number of aromatic nitrogens is 1. The van der Waals surface area contributed by atoms with E-state index in [9.17, 15) is 47.5 Å². The summed E-state index contributed by atoms with van der Waals surface area (Å²) in [5.74, 6) is -3.47. The first-order valence-corrected chi connectivity index (χ1v) is 53.0. The number of ether oxygens (including phenoxy) is 5. The molecular weight excluding hydrogens is 1640 g/mol. The van der Waals surface area contributed by atoms with Crippen molar-refractivity contribution in [1.29, 1.82) is 0 Å². The molecule has 1 aromatic rings. The predicted molar refractivity (Wildman–Crippen MR) is 509 cm³/mol. The van der Waals surface area contributed by atoms with Gasteiger partial charge in [-0.05, 0) is 44.2 Å². The fourth-order valence-corrected chi connectivity index (χ4v) is 15.8. The molecule has 0 spiro atoms. The minimum Gasteiger partial charge on any atom is -0.481 e. The summed E-state index contributed by atoms with van der Waals surface area (Å²) in [7, 11) is -4.94. The minimum atomic E-state index is -2.56. The number of hydrogen-bond donors (Lipinski definition) is 2. The molecule has 0 aliphatic carbocycles. The van der Waals surface area contributed by atoms with Crippen LogP contribution < -0.4 is 5.73 Å². The molecule has 1 aromatic heterocycles. The highest BCUT2D eigenvalue weighted by Gasteiger charge is 2.29. The Morgan fingerprint density at radius 3 is 0.786 bits per heavy atom. The van der Waals surface area contributed by atoms with Gasteiger partial charge >= 0.3 is 58.3 Å². The maximum absolute atomic E-state index is 12.7. The number of pyridine rings is 1. The van der Waals surface area contributed by atoms with Crippen molar-refractivity contribution in [3.63, 3.8) is 0 Å². The summed E-state index contributed by atoms with van der Waals surface area (Å²) in [6.45, 7) is 8.64. The zero-order valence-electron chi connectivity index (χ0n) is 80.4. The average molecular weight is 1830 g/mol. The number of ketones is 1. The Morgan fingerprint density at radius 1 is 0.325 bits per heavy atom.